The minimum atomic E-state index is -3.74. The summed E-state index contributed by atoms with van der Waals surface area (Å²) in [5, 5.41) is 0. The summed E-state index contributed by atoms with van der Waals surface area (Å²) in [6.07, 6.45) is 1.57. The van der Waals surface area contributed by atoms with E-state index in [-0.39, 0.29) is 6.61 Å². The molecule has 1 aliphatic heterocycles. The summed E-state index contributed by atoms with van der Waals surface area (Å²) in [7, 11) is -4.61. The van der Waals surface area contributed by atoms with Gasteiger partial charge in [-0.3, -0.25) is 4.72 Å². The summed E-state index contributed by atoms with van der Waals surface area (Å²) in [4.78, 5) is 13.8. The molecule has 0 radical (unpaired) electrons. The monoisotopic (exact) mass is 601 g/mol. The zero-order valence-electron chi connectivity index (χ0n) is 27.4. The Balaban J connectivity index is 2.46. The number of esters is 1. The summed E-state index contributed by atoms with van der Waals surface area (Å²) in [5.74, 6) is -0.525. The molecule has 10 heteroatoms. The van der Waals surface area contributed by atoms with E-state index in [1.54, 1.807) is 6.92 Å². The van der Waals surface area contributed by atoms with E-state index in [1.807, 2.05) is 93.5 Å². The van der Waals surface area contributed by atoms with Crippen molar-refractivity contribution in [1.82, 2.24) is 0 Å². The lowest BCUT2D eigenvalue weighted by molar-refractivity contribution is -0.167. The van der Waals surface area contributed by atoms with Crippen LogP contribution in [0.5, 0.6) is 0 Å². The number of unbranched alkanes of at least 4 members (excludes halogenated alkanes) is 1. The number of anilines is 1. The summed E-state index contributed by atoms with van der Waals surface area (Å²) in [5.41, 5.74) is 3.30. The van der Waals surface area contributed by atoms with Crippen LogP contribution in [-0.4, -0.2) is 51.2 Å². The molecule has 0 amide bonds. The maximum atomic E-state index is 13.8. The Kier molecular flexibility index (Phi) is 9.99. The van der Waals surface area contributed by atoms with Gasteiger partial charge in [-0.05, 0) is 97.9 Å². The minimum Gasteiger partial charge on any atom is -0.464 e. The van der Waals surface area contributed by atoms with Gasteiger partial charge in [0, 0.05) is 11.0 Å². The Hall–Kier alpha value is -2.40. The SMILES string of the molecule is CCCCOC(=O)[C@@H](OC(C)(C)C)c1c(C)c(NS(C)(=O)=O)c(B2OC(C)(C)C(C)(C)O2)c(C)c1-c1ccc(C)cc1. The first-order valence-electron chi connectivity index (χ1n) is 14.6. The standard InChI is InChI=1S/C32H48BNO7S/c1-13-14-19-38-29(35)28(39-30(5,6)7)25-22(4)27(34-42(12,36)37)26(33-40-31(8,9)32(10,11)41-33)21(3)24(25)23-17-15-20(2)16-18-23/h15-18,28,34H,13-14,19H2,1-12H3/t28-/m0/s1. The molecule has 0 unspecified atom stereocenters. The van der Waals surface area contributed by atoms with E-state index in [1.165, 1.54) is 0 Å². The van der Waals surface area contributed by atoms with Gasteiger partial charge in [-0.15, -0.1) is 0 Å². The fourth-order valence-electron chi connectivity index (χ4n) is 5.01. The molecule has 1 N–H and O–H groups in total. The zero-order chi connectivity index (χ0) is 31.8. The normalized spacial score (nSPS) is 17.3. The summed E-state index contributed by atoms with van der Waals surface area (Å²) in [6, 6.07) is 8.00. The second-order valence-electron chi connectivity index (χ2n) is 13.3. The molecule has 1 heterocycles. The molecule has 3 rings (SSSR count). The maximum Gasteiger partial charge on any atom is 0.497 e. The van der Waals surface area contributed by atoms with Crippen molar-refractivity contribution in [2.24, 2.45) is 0 Å². The highest BCUT2D eigenvalue weighted by Gasteiger charge is 2.53. The third kappa shape index (κ3) is 7.57. The number of carbonyl (C=O) groups is 1. The lowest BCUT2D eigenvalue weighted by Gasteiger charge is -2.32. The third-order valence-electron chi connectivity index (χ3n) is 7.90. The molecule has 2 aromatic rings. The number of ether oxygens (including phenoxy) is 2. The van der Waals surface area contributed by atoms with E-state index in [0.717, 1.165) is 35.8 Å². The molecular weight excluding hydrogens is 553 g/mol. The average molecular weight is 602 g/mol. The van der Waals surface area contributed by atoms with Crippen LogP contribution in [-0.2, 0) is 33.6 Å². The van der Waals surface area contributed by atoms with Gasteiger partial charge in [-0.1, -0.05) is 43.2 Å². The first-order chi connectivity index (χ1) is 19.2. The fraction of sp³-hybridized carbons (Fsp3) is 0.594. The molecule has 0 spiro atoms. The Morgan fingerprint density at radius 3 is 2.02 bits per heavy atom. The van der Waals surface area contributed by atoms with Gasteiger partial charge < -0.3 is 18.8 Å². The second kappa shape index (κ2) is 12.3. The molecule has 232 valence electrons. The Labute approximate surface area is 253 Å². The van der Waals surface area contributed by atoms with Crippen LogP contribution in [0.25, 0.3) is 11.1 Å². The summed E-state index contributed by atoms with van der Waals surface area (Å²) < 4.78 is 53.4. The van der Waals surface area contributed by atoms with E-state index >= 15 is 0 Å². The molecule has 2 aromatic carbocycles. The molecule has 42 heavy (non-hydrogen) atoms. The molecule has 1 atom stereocenters. The van der Waals surface area contributed by atoms with Crippen LogP contribution in [0.4, 0.5) is 5.69 Å². The van der Waals surface area contributed by atoms with Gasteiger partial charge >= 0.3 is 13.1 Å². The second-order valence-corrected chi connectivity index (χ2v) is 15.0. The van der Waals surface area contributed by atoms with Crippen molar-refractivity contribution in [2.75, 3.05) is 17.6 Å². The highest BCUT2D eigenvalue weighted by atomic mass is 32.2. The maximum absolute atomic E-state index is 13.8. The number of hydrogen-bond acceptors (Lipinski definition) is 7. The third-order valence-corrected chi connectivity index (χ3v) is 8.48. The molecule has 0 aromatic heterocycles. The molecule has 1 fully saturated rings. The number of carbonyl (C=O) groups excluding carboxylic acids is 1. The smallest absolute Gasteiger partial charge is 0.464 e. The molecule has 1 aliphatic rings. The largest absolute Gasteiger partial charge is 0.497 e. The van der Waals surface area contributed by atoms with Crippen LogP contribution in [0.2, 0.25) is 0 Å². The topological polar surface area (TPSA) is 100 Å². The van der Waals surface area contributed by atoms with Gasteiger partial charge in [-0.2, -0.15) is 0 Å². The van der Waals surface area contributed by atoms with Crippen molar-refractivity contribution in [3.05, 3.63) is 46.5 Å². The highest BCUT2D eigenvalue weighted by molar-refractivity contribution is 7.92. The minimum absolute atomic E-state index is 0.262. The predicted molar refractivity (Wildman–Crippen MR) is 170 cm³/mol. The summed E-state index contributed by atoms with van der Waals surface area (Å²) >= 11 is 0. The van der Waals surface area contributed by atoms with Gasteiger partial charge in [0.15, 0.2) is 6.10 Å². The van der Waals surface area contributed by atoms with Gasteiger partial charge in [0.2, 0.25) is 10.0 Å². The van der Waals surface area contributed by atoms with Crippen molar-refractivity contribution in [3.63, 3.8) is 0 Å². The van der Waals surface area contributed by atoms with Gasteiger partial charge in [0.05, 0.1) is 35.4 Å². The average Bonchev–Trinajstić information content (AvgIpc) is 3.05. The molecule has 0 aliphatic carbocycles. The van der Waals surface area contributed by atoms with Crippen molar-refractivity contribution >= 4 is 34.3 Å². The van der Waals surface area contributed by atoms with Crippen molar-refractivity contribution in [3.8, 4) is 11.1 Å². The van der Waals surface area contributed by atoms with Crippen LogP contribution in [0.1, 0.15) is 96.6 Å². The van der Waals surface area contributed by atoms with Crippen LogP contribution < -0.4 is 10.2 Å². The van der Waals surface area contributed by atoms with Gasteiger partial charge in [0.1, 0.15) is 0 Å². The number of benzene rings is 2. The highest BCUT2D eigenvalue weighted by Crippen LogP contribution is 2.43. The van der Waals surface area contributed by atoms with Gasteiger partial charge in [0.25, 0.3) is 0 Å². The van der Waals surface area contributed by atoms with E-state index in [4.69, 9.17) is 18.8 Å². The zero-order valence-corrected chi connectivity index (χ0v) is 28.2. The van der Waals surface area contributed by atoms with E-state index in [0.29, 0.717) is 27.8 Å². The lowest BCUT2D eigenvalue weighted by Crippen LogP contribution is -2.41. The first kappa shape index (κ1) is 34.1. The first-order valence-corrected chi connectivity index (χ1v) is 16.5. The number of hydrogen-bond donors (Lipinski definition) is 1. The number of rotatable bonds is 10. The number of nitrogens with one attached hydrogen (secondary N) is 1. The van der Waals surface area contributed by atoms with Crippen LogP contribution in [0.3, 0.4) is 0 Å². The quantitative estimate of drug-likeness (QED) is 0.198. The van der Waals surface area contributed by atoms with Crippen molar-refractivity contribution in [2.45, 2.75) is 112 Å². The van der Waals surface area contributed by atoms with Crippen molar-refractivity contribution in [1.29, 1.82) is 0 Å². The number of aryl methyl sites for hydroxylation is 1. The Bertz CT molecular complexity index is 1390. The van der Waals surface area contributed by atoms with Crippen LogP contribution in [0, 0.1) is 20.8 Å². The molecule has 0 bridgehead atoms. The number of sulfonamides is 1. The van der Waals surface area contributed by atoms with E-state index < -0.39 is 46.0 Å². The molecular formula is C32H48BNO7S. The Morgan fingerprint density at radius 2 is 1.55 bits per heavy atom. The van der Waals surface area contributed by atoms with E-state index in [9.17, 15) is 13.2 Å². The van der Waals surface area contributed by atoms with Crippen LogP contribution in [0.15, 0.2) is 24.3 Å². The molecule has 0 saturated carbocycles. The summed E-state index contributed by atoms with van der Waals surface area (Å²) in [6.45, 7) is 21.4. The van der Waals surface area contributed by atoms with Gasteiger partial charge in [-0.25, -0.2) is 13.2 Å². The molecule has 1 saturated heterocycles. The van der Waals surface area contributed by atoms with Crippen molar-refractivity contribution < 1.29 is 32.0 Å². The van der Waals surface area contributed by atoms with Crippen LogP contribution >= 0.6 is 0 Å². The predicted octanol–water partition coefficient (Wildman–Crippen LogP) is 6.15. The lowest BCUT2D eigenvalue weighted by atomic mass is 9.70. The molecule has 8 nitrogen and oxygen atoms in total. The van der Waals surface area contributed by atoms with E-state index in [2.05, 4.69) is 4.72 Å². The fourth-order valence-corrected chi connectivity index (χ4v) is 5.65. The Morgan fingerprint density at radius 1 is 1.00 bits per heavy atom.